The Morgan fingerprint density at radius 2 is 1.97 bits per heavy atom. The van der Waals surface area contributed by atoms with E-state index in [4.69, 9.17) is 0 Å². The molecule has 0 spiro atoms. The molecule has 2 amide bonds. The summed E-state index contributed by atoms with van der Waals surface area (Å²) in [6.45, 7) is 2.12. The van der Waals surface area contributed by atoms with Gasteiger partial charge < -0.3 is 10.2 Å². The SMILES string of the molecule is CC(=O)N1CCc2cc(NC(=O)c3ccc(-n4cncn4)c([N+](=O)[O-])c3)ccc21. The van der Waals surface area contributed by atoms with Crippen LogP contribution in [0.3, 0.4) is 0 Å². The number of rotatable bonds is 4. The summed E-state index contributed by atoms with van der Waals surface area (Å²) in [4.78, 5) is 40.6. The van der Waals surface area contributed by atoms with Crippen LogP contribution in [0.25, 0.3) is 5.69 Å². The molecular weight excluding hydrogens is 376 g/mol. The van der Waals surface area contributed by atoms with Crippen LogP contribution in [0.4, 0.5) is 17.1 Å². The minimum atomic E-state index is -0.570. The molecule has 0 bridgehead atoms. The number of hydrogen-bond acceptors (Lipinski definition) is 6. The second kappa shape index (κ2) is 7.15. The van der Waals surface area contributed by atoms with Gasteiger partial charge in [0.15, 0.2) is 0 Å². The van der Waals surface area contributed by atoms with Crippen molar-refractivity contribution in [3.8, 4) is 5.69 Å². The molecule has 29 heavy (non-hydrogen) atoms. The maximum Gasteiger partial charge on any atom is 0.295 e. The molecule has 0 fully saturated rings. The topological polar surface area (TPSA) is 123 Å². The molecule has 4 rings (SSSR count). The lowest BCUT2D eigenvalue weighted by atomic mass is 10.1. The van der Waals surface area contributed by atoms with Gasteiger partial charge in [0.1, 0.15) is 18.3 Å². The van der Waals surface area contributed by atoms with E-state index in [2.05, 4.69) is 15.4 Å². The minimum absolute atomic E-state index is 0.0275. The third-order valence-corrected chi connectivity index (χ3v) is 4.71. The van der Waals surface area contributed by atoms with Crippen LogP contribution in [0.2, 0.25) is 0 Å². The first-order valence-electron chi connectivity index (χ1n) is 8.80. The lowest BCUT2D eigenvalue weighted by molar-refractivity contribution is -0.384. The maximum atomic E-state index is 12.6. The van der Waals surface area contributed by atoms with E-state index in [1.807, 2.05) is 6.07 Å². The van der Waals surface area contributed by atoms with Crippen molar-refractivity contribution in [1.29, 1.82) is 0 Å². The van der Waals surface area contributed by atoms with Crippen LogP contribution in [0.15, 0.2) is 49.1 Å². The Morgan fingerprint density at radius 1 is 1.17 bits per heavy atom. The highest BCUT2D eigenvalue weighted by Crippen LogP contribution is 2.31. The van der Waals surface area contributed by atoms with Gasteiger partial charge in [0.2, 0.25) is 5.91 Å². The van der Waals surface area contributed by atoms with Crippen LogP contribution >= 0.6 is 0 Å². The monoisotopic (exact) mass is 392 g/mol. The largest absolute Gasteiger partial charge is 0.322 e. The average Bonchev–Trinajstić information content (AvgIpc) is 3.37. The highest BCUT2D eigenvalue weighted by atomic mass is 16.6. The maximum absolute atomic E-state index is 12.6. The number of carbonyl (C=O) groups is 2. The molecule has 146 valence electrons. The van der Waals surface area contributed by atoms with Gasteiger partial charge in [0.25, 0.3) is 11.6 Å². The van der Waals surface area contributed by atoms with E-state index in [9.17, 15) is 19.7 Å². The van der Waals surface area contributed by atoms with E-state index in [0.717, 1.165) is 11.3 Å². The van der Waals surface area contributed by atoms with Crippen molar-refractivity contribution in [2.45, 2.75) is 13.3 Å². The van der Waals surface area contributed by atoms with Crippen molar-refractivity contribution in [3.63, 3.8) is 0 Å². The number of aromatic nitrogens is 3. The van der Waals surface area contributed by atoms with Crippen molar-refractivity contribution < 1.29 is 14.5 Å². The molecule has 0 saturated carbocycles. The molecule has 0 atom stereocenters. The van der Waals surface area contributed by atoms with Gasteiger partial charge in [-0.15, -0.1) is 0 Å². The highest BCUT2D eigenvalue weighted by molar-refractivity contribution is 6.05. The van der Waals surface area contributed by atoms with E-state index in [1.165, 1.54) is 42.5 Å². The van der Waals surface area contributed by atoms with Gasteiger partial charge in [-0.1, -0.05) is 0 Å². The summed E-state index contributed by atoms with van der Waals surface area (Å²) in [6.07, 6.45) is 3.32. The van der Waals surface area contributed by atoms with E-state index >= 15 is 0 Å². The third kappa shape index (κ3) is 3.43. The Bertz CT molecular complexity index is 1130. The molecule has 0 unspecified atom stereocenters. The third-order valence-electron chi connectivity index (χ3n) is 4.71. The summed E-state index contributed by atoms with van der Waals surface area (Å²) >= 11 is 0. The summed E-state index contributed by atoms with van der Waals surface area (Å²) in [6, 6.07) is 9.46. The van der Waals surface area contributed by atoms with E-state index < -0.39 is 10.8 Å². The first-order chi connectivity index (χ1) is 13.9. The van der Waals surface area contributed by atoms with Crippen molar-refractivity contribution in [2.24, 2.45) is 0 Å². The molecule has 10 nitrogen and oxygen atoms in total. The van der Waals surface area contributed by atoms with Crippen LogP contribution < -0.4 is 10.2 Å². The molecule has 0 radical (unpaired) electrons. The molecule has 1 aliphatic heterocycles. The van der Waals surface area contributed by atoms with Crippen LogP contribution in [0.5, 0.6) is 0 Å². The van der Waals surface area contributed by atoms with Crippen molar-refractivity contribution in [2.75, 3.05) is 16.8 Å². The molecular formula is C19H16N6O4. The number of amides is 2. The fourth-order valence-electron chi connectivity index (χ4n) is 3.35. The molecule has 1 aliphatic rings. The summed E-state index contributed by atoms with van der Waals surface area (Å²) in [5.41, 5.74) is 2.46. The summed E-state index contributed by atoms with van der Waals surface area (Å²) in [5, 5.41) is 18.1. The molecule has 2 aromatic carbocycles. The molecule has 0 saturated heterocycles. The number of nitrogens with one attached hydrogen (secondary N) is 1. The summed E-state index contributed by atoms with van der Waals surface area (Å²) < 4.78 is 1.26. The van der Waals surface area contributed by atoms with E-state index in [0.29, 0.717) is 18.7 Å². The number of benzene rings is 2. The summed E-state index contributed by atoms with van der Waals surface area (Å²) in [7, 11) is 0. The van der Waals surface area contributed by atoms with Crippen LogP contribution in [0, 0.1) is 10.1 Å². The number of anilines is 2. The van der Waals surface area contributed by atoms with Crippen molar-refractivity contribution >= 4 is 28.9 Å². The summed E-state index contributed by atoms with van der Waals surface area (Å²) in [5.74, 6) is -0.500. The first kappa shape index (κ1) is 18.3. The zero-order valence-electron chi connectivity index (χ0n) is 15.4. The number of nitro groups is 1. The number of carbonyl (C=O) groups excluding carboxylic acids is 2. The fraction of sp³-hybridized carbons (Fsp3) is 0.158. The normalized spacial score (nSPS) is 12.5. The van der Waals surface area contributed by atoms with Gasteiger partial charge in [-0.2, -0.15) is 5.10 Å². The van der Waals surface area contributed by atoms with Gasteiger partial charge in [0.05, 0.1) is 4.92 Å². The quantitative estimate of drug-likeness (QED) is 0.537. The van der Waals surface area contributed by atoms with Gasteiger partial charge in [-0.25, -0.2) is 9.67 Å². The Kier molecular flexibility index (Phi) is 4.51. The molecule has 0 aliphatic carbocycles. The number of nitrogens with zero attached hydrogens (tertiary/aromatic N) is 5. The Morgan fingerprint density at radius 3 is 2.66 bits per heavy atom. The molecule has 10 heteroatoms. The van der Waals surface area contributed by atoms with Gasteiger partial charge >= 0.3 is 0 Å². The molecule has 1 N–H and O–H groups in total. The second-order valence-corrected chi connectivity index (χ2v) is 6.52. The fourth-order valence-corrected chi connectivity index (χ4v) is 3.35. The number of nitro benzene ring substituents is 1. The standard InChI is InChI=1S/C19H16N6O4/c1-12(26)23-7-6-13-8-15(3-5-16(13)23)22-19(27)14-2-4-17(18(9-14)25(28)29)24-11-20-10-21-24/h2-5,8-11H,6-7H2,1H3,(H,22,27). The average molecular weight is 392 g/mol. The zero-order valence-corrected chi connectivity index (χ0v) is 15.4. The van der Waals surface area contributed by atoms with Crippen LogP contribution in [-0.2, 0) is 11.2 Å². The zero-order chi connectivity index (χ0) is 20.5. The number of fused-ring (bicyclic) bond motifs is 1. The highest BCUT2D eigenvalue weighted by Gasteiger charge is 2.23. The van der Waals surface area contributed by atoms with Gasteiger partial charge in [-0.3, -0.25) is 19.7 Å². The number of hydrogen-bond donors (Lipinski definition) is 1. The molecule has 1 aromatic heterocycles. The predicted molar refractivity (Wildman–Crippen MR) is 104 cm³/mol. The first-order valence-corrected chi connectivity index (χ1v) is 8.80. The Balaban J connectivity index is 1.59. The molecule has 3 aromatic rings. The van der Waals surface area contributed by atoms with Crippen LogP contribution in [-0.4, -0.2) is 38.0 Å². The molecule has 2 heterocycles. The Labute approximate surface area is 164 Å². The minimum Gasteiger partial charge on any atom is -0.322 e. The van der Waals surface area contributed by atoms with E-state index in [-0.39, 0.29) is 22.8 Å². The lowest BCUT2D eigenvalue weighted by Crippen LogP contribution is -2.25. The second-order valence-electron chi connectivity index (χ2n) is 6.52. The van der Waals surface area contributed by atoms with Crippen LogP contribution in [0.1, 0.15) is 22.8 Å². The lowest BCUT2D eigenvalue weighted by Gasteiger charge is -2.15. The van der Waals surface area contributed by atoms with Gasteiger partial charge in [0, 0.05) is 36.5 Å². The predicted octanol–water partition coefficient (Wildman–Crippen LogP) is 2.34. The van der Waals surface area contributed by atoms with Crippen molar-refractivity contribution in [1.82, 2.24) is 14.8 Å². The smallest absolute Gasteiger partial charge is 0.295 e. The van der Waals surface area contributed by atoms with Gasteiger partial charge in [-0.05, 0) is 42.3 Å². The van der Waals surface area contributed by atoms with Crippen molar-refractivity contribution in [3.05, 3.63) is 70.3 Å². The Hall–Kier alpha value is -4.08. The van der Waals surface area contributed by atoms with E-state index in [1.54, 1.807) is 17.0 Å².